The van der Waals surface area contributed by atoms with Crippen LogP contribution in [0.2, 0.25) is 0 Å². The van der Waals surface area contributed by atoms with Crippen LogP contribution in [0.25, 0.3) is 0 Å². The van der Waals surface area contributed by atoms with E-state index in [1.54, 1.807) is 25.3 Å². The van der Waals surface area contributed by atoms with Gasteiger partial charge in [0.05, 0.1) is 29.4 Å². The largest absolute Gasteiger partial charge is 0.496 e. The molecule has 1 unspecified atom stereocenters. The number of anilines is 1. The number of aromatic carboxylic acids is 1. The molecule has 180 valence electrons. The summed E-state index contributed by atoms with van der Waals surface area (Å²) in [5.74, 6) is -1.75. The highest BCUT2D eigenvalue weighted by Crippen LogP contribution is 2.36. The number of carbonyl (C=O) groups excluding carboxylic acids is 3. The summed E-state index contributed by atoms with van der Waals surface area (Å²) in [6, 6.07) is 11.9. The Hall–Kier alpha value is -3.33. The Morgan fingerprint density at radius 1 is 1.24 bits per heavy atom. The van der Waals surface area contributed by atoms with Crippen LogP contribution in [0.15, 0.2) is 47.4 Å². The van der Waals surface area contributed by atoms with Gasteiger partial charge in [-0.3, -0.25) is 19.3 Å². The average Bonchev–Trinajstić information content (AvgIpc) is 2.96. The summed E-state index contributed by atoms with van der Waals surface area (Å²) in [4.78, 5) is 52.0. The van der Waals surface area contributed by atoms with E-state index < -0.39 is 17.1 Å². The standard InChI is InChI=1S/C25H28N2O6S/c1-3-15(16-8-10-18(25(31)32)19(26)12-16)13-23(29)27-14-17(28)9-11-22(24(27)30)34-21-7-5-4-6-20(21)33-2/h4-8,10,12,15,22H,3,9,11,13-14,26H2,1-2H3,(H,31,32)/t15-,22?/m0/s1. The maximum Gasteiger partial charge on any atom is 0.337 e. The van der Waals surface area contributed by atoms with Crippen molar-refractivity contribution >= 4 is 41.0 Å². The van der Waals surface area contributed by atoms with Gasteiger partial charge in [-0.2, -0.15) is 0 Å². The average molecular weight is 485 g/mol. The van der Waals surface area contributed by atoms with E-state index >= 15 is 0 Å². The van der Waals surface area contributed by atoms with Crippen molar-refractivity contribution in [3.8, 4) is 5.75 Å². The highest BCUT2D eigenvalue weighted by atomic mass is 32.2. The maximum atomic E-state index is 13.3. The Labute approximate surface area is 202 Å². The van der Waals surface area contributed by atoms with E-state index in [2.05, 4.69) is 0 Å². The molecular weight excluding hydrogens is 456 g/mol. The number of imide groups is 1. The van der Waals surface area contributed by atoms with Crippen LogP contribution in [-0.4, -0.2) is 52.5 Å². The molecule has 8 nitrogen and oxygen atoms in total. The molecule has 2 atom stereocenters. The molecule has 1 heterocycles. The summed E-state index contributed by atoms with van der Waals surface area (Å²) in [5, 5.41) is 8.61. The Morgan fingerprint density at radius 2 is 1.97 bits per heavy atom. The molecule has 0 saturated carbocycles. The van der Waals surface area contributed by atoms with Gasteiger partial charge in [0.25, 0.3) is 0 Å². The van der Waals surface area contributed by atoms with Gasteiger partial charge in [0.2, 0.25) is 11.8 Å². The minimum atomic E-state index is -1.12. The molecule has 9 heteroatoms. The van der Waals surface area contributed by atoms with Crippen LogP contribution in [0.5, 0.6) is 5.75 Å². The Balaban J connectivity index is 1.79. The van der Waals surface area contributed by atoms with Crippen molar-refractivity contribution in [3.05, 3.63) is 53.6 Å². The minimum Gasteiger partial charge on any atom is -0.496 e. The van der Waals surface area contributed by atoms with E-state index in [4.69, 9.17) is 10.5 Å². The van der Waals surface area contributed by atoms with Gasteiger partial charge in [-0.15, -0.1) is 11.8 Å². The number of carbonyl (C=O) groups is 4. The Kier molecular flexibility index (Phi) is 8.33. The Bertz CT molecular complexity index is 1100. The number of hydrogen-bond donors (Lipinski definition) is 2. The third kappa shape index (κ3) is 5.77. The summed E-state index contributed by atoms with van der Waals surface area (Å²) in [6.45, 7) is 1.66. The third-order valence-corrected chi connectivity index (χ3v) is 7.20. The minimum absolute atomic E-state index is 0.00516. The molecule has 0 aliphatic carbocycles. The van der Waals surface area contributed by atoms with Crippen LogP contribution in [0.3, 0.4) is 0 Å². The number of Topliss-reactive ketones (excluding diaryl/α,β-unsaturated/α-hetero) is 1. The van der Waals surface area contributed by atoms with E-state index in [-0.39, 0.29) is 48.2 Å². The second-order valence-corrected chi connectivity index (χ2v) is 9.36. The summed E-state index contributed by atoms with van der Waals surface area (Å²) >= 11 is 1.29. The van der Waals surface area contributed by atoms with E-state index in [1.165, 1.54) is 17.8 Å². The number of ether oxygens (including phenoxy) is 1. The molecule has 1 aliphatic rings. The molecule has 0 radical (unpaired) electrons. The fourth-order valence-electron chi connectivity index (χ4n) is 3.96. The monoisotopic (exact) mass is 484 g/mol. The number of carboxylic acids is 1. The Morgan fingerprint density at radius 3 is 2.62 bits per heavy atom. The van der Waals surface area contributed by atoms with Crippen molar-refractivity contribution in [1.82, 2.24) is 4.90 Å². The van der Waals surface area contributed by atoms with Gasteiger partial charge in [0, 0.05) is 18.5 Å². The molecule has 1 aliphatic heterocycles. The SMILES string of the molecule is CC[C@@H](CC(=O)N1CC(=O)CCC(Sc2ccccc2OC)C1=O)c1ccc(C(=O)O)c(N)c1. The topological polar surface area (TPSA) is 127 Å². The van der Waals surface area contributed by atoms with Crippen molar-refractivity contribution in [3.63, 3.8) is 0 Å². The molecule has 1 fully saturated rings. The molecule has 3 rings (SSSR count). The smallest absolute Gasteiger partial charge is 0.337 e. The second-order valence-electron chi connectivity index (χ2n) is 8.11. The molecule has 3 N–H and O–H groups in total. The summed E-state index contributed by atoms with van der Waals surface area (Å²) in [5.41, 5.74) is 6.70. The normalized spacial score (nSPS) is 17.2. The molecule has 0 aromatic heterocycles. The summed E-state index contributed by atoms with van der Waals surface area (Å²) < 4.78 is 5.37. The number of para-hydroxylation sites is 1. The fourth-order valence-corrected chi connectivity index (χ4v) is 5.16. The van der Waals surface area contributed by atoms with Gasteiger partial charge in [0.15, 0.2) is 5.78 Å². The zero-order chi connectivity index (χ0) is 24.8. The van der Waals surface area contributed by atoms with Gasteiger partial charge in [0.1, 0.15) is 5.75 Å². The number of thioether (sulfide) groups is 1. The molecule has 34 heavy (non-hydrogen) atoms. The molecule has 2 aromatic carbocycles. The zero-order valence-electron chi connectivity index (χ0n) is 19.2. The van der Waals surface area contributed by atoms with E-state index in [9.17, 15) is 24.3 Å². The predicted molar refractivity (Wildman–Crippen MR) is 129 cm³/mol. The highest BCUT2D eigenvalue weighted by Gasteiger charge is 2.35. The quantitative estimate of drug-likeness (QED) is 0.543. The van der Waals surface area contributed by atoms with Crippen molar-refractivity contribution in [2.24, 2.45) is 0 Å². The van der Waals surface area contributed by atoms with Crippen LogP contribution in [0, 0.1) is 0 Å². The van der Waals surface area contributed by atoms with Crippen LogP contribution >= 0.6 is 11.8 Å². The first kappa shape index (κ1) is 25.3. The van der Waals surface area contributed by atoms with Crippen LogP contribution in [0.4, 0.5) is 5.69 Å². The first-order valence-electron chi connectivity index (χ1n) is 11.0. The number of carboxylic acid groups (broad SMARTS) is 1. The summed E-state index contributed by atoms with van der Waals surface area (Å²) in [7, 11) is 1.55. The van der Waals surface area contributed by atoms with E-state index in [0.717, 1.165) is 9.80 Å². The van der Waals surface area contributed by atoms with Gasteiger partial charge in [-0.05, 0) is 48.6 Å². The number of hydrogen-bond acceptors (Lipinski definition) is 7. The number of ketones is 1. The molecule has 0 spiro atoms. The fraction of sp³-hybridized carbons (Fsp3) is 0.360. The van der Waals surface area contributed by atoms with Crippen LogP contribution < -0.4 is 10.5 Å². The lowest BCUT2D eigenvalue weighted by Crippen LogP contribution is -2.43. The molecule has 0 bridgehead atoms. The van der Waals surface area contributed by atoms with Crippen molar-refractivity contribution in [1.29, 1.82) is 0 Å². The molecule has 1 saturated heterocycles. The number of nitrogens with two attached hydrogens (primary N) is 1. The highest BCUT2D eigenvalue weighted by molar-refractivity contribution is 8.00. The number of nitrogens with zero attached hydrogens (tertiary/aromatic N) is 1. The number of rotatable bonds is 8. The first-order valence-corrected chi connectivity index (χ1v) is 11.9. The van der Waals surface area contributed by atoms with Crippen LogP contribution in [-0.2, 0) is 14.4 Å². The lowest BCUT2D eigenvalue weighted by atomic mass is 9.91. The number of methoxy groups -OCH3 is 1. The molecule has 2 amide bonds. The van der Waals surface area contributed by atoms with Gasteiger partial charge in [-0.25, -0.2) is 4.79 Å². The van der Waals surface area contributed by atoms with Crippen molar-refractivity contribution in [2.75, 3.05) is 19.4 Å². The number of amides is 2. The molecular formula is C25H28N2O6S. The van der Waals surface area contributed by atoms with Gasteiger partial charge in [-0.1, -0.05) is 25.1 Å². The van der Waals surface area contributed by atoms with E-state index in [0.29, 0.717) is 24.2 Å². The molecule has 2 aromatic rings. The summed E-state index contributed by atoms with van der Waals surface area (Å²) in [6.07, 6.45) is 1.14. The van der Waals surface area contributed by atoms with Gasteiger partial charge < -0.3 is 15.6 Å². The second kappa shape index (κ2) is 11.2. The first-order chi connectivity index (χ1) is 16.2. The number of nitrogen functional groups attached to an aromatic ring is 1. The van der Waals surface area contributed by atoms with Gasteiger partial charge >= 0.3 is 5.97 Å². The zero-order valence-corrected chi connectivity index (χ0v) is 20.0. The predicted octanol–water partition coefficient (Wildman–Crippen LogP) is 3.74. The number of likely N-dealkylation sites (tertiary alicyclic amines) is 1. The van der Waals surface area contributed by atoms with Crippen molar-refractivity contribution < 1.29 is 29.0 Å². The maximum absolute atomic E-state index is 13.3. The van der Waals surface area contributed by atoms with Crippen LogP contribution in [0.1, 0.15) is 54.4 Å². The third-order valence-electron chi connectivity index (χ3n) is 5.89. The van der Waals surface area contributed by atoms with Crippen molar-refractivity contribution in [2.45, 2.75) is 48.7 Å². The number of benzene rings is 2. The lowest BCUT2D eigenvalue weighted by molar-refractivity contribution is -0.146. The lowest BCUT2D eigenvalue weighted by Gasteiger charge is -2.24. The van der Waals surface area contributed by atoms with E-state index in [1.807, 2.05) is 25.1 Å².